The van der Waals surface area contributed by atoms with Gasteiger partial charge in [-0.1, -0.05) is 32.8 Å². The highest BCUT2D eigenvalue weighted by atomic mass is 35.5. The summed E-state index contributed by atoms with van der Waals surface area (Å²) in [6.45, 7) is 8.19. The Hall–Kier alpha value is -0.620. The molecule has 168 valence electrons. The van der Waals surface area contributed by atoms with E-state index in [0.717, 1.165) is 50.5 Å². The summed E-state index contributed by atoms with van der Waals surface area (Å²) in [5.74, 6) is 0.735. The van der Waals surface area contributed by atoms with Crippen LogP contribution in [0.5, 0.6) is 0 Å². The van der Waals surface area contributed by atoms with E-state index in [9.17, 15) is 15.0 Å². The van der Waals surface area contributed by atoms with Crippen LogP contribution in [0.2, 0.25) is 0 Å². The van der Waals surface area contributed by atoms with Gasteiger partial charge in [0, 0.05) is 11.5 Å². The minimum Gasteiger partial charge on any atom is -0.460 e. The molecule has 0 aliphatic heterocycles. The predicted molar refractivity (Wildman–Crippen MR) is 115 cm³/mol. The van der Waals surface area contributed by atoms with Crippen LogP contribution in [0.25, 0.3) is 0 Å². The summed E-state index contributed by atoms with van der Waals surface area (Å²) in [5.41, 5.74) is 0.0314. The molecule has 6 heteroatoms. The summed E-state index contributed by atoms with van der Waals surface area (Å²) in [5, 5.41) is 29.4. The number of alkyl halides is 1. The lowest BCUT2D eigenvalue weighted by Crippen LogP contribution is -2.62. The highest BCUT2D eigenvalue weighted by molar-refractivity contribution is 6.18. The zero-order valence-electron chi connectivity index (χ0n) is 18.4. The number of fused-ring (bicyclic) bond motifs is 1. The summed E-state index contributed by atoms with van der Waals surface area (Å²) in [7, 11) is 0. The van der Waals surface area contributed by atoms with E-state index < -0.39 is 24.3 Å². The van der Waals surface area contributed by atoms with E-state index in [2.05, 4.69) is 20.8 Å². The average Bonchev–Trinajstić information content (AvgIpc) is 2.69. The molecule has 0 aromatic rings. The Balaban J connectivity index is 2.09. The van der Waals surface area contributed by atoms with Gasteiger partial charge < -0.3 is 20.1 Å². The SMILES string of the molecule is CC(=CC(=O)OCC(O)CO)CCC1(C)C(C)CCC2(C)C1CCCC2(O)CCl. The fourth-order valence-corrected chi connectivity index (χ4v) is 6.27. The number of carbonyl (C=O) groups is 1. The molecule has 29 heavy (non-hydrogen) atoms. The molecule has 0 saturated heterocycles. The Morgan fingerprint density at radius 3 is 2.62 bits per heavy atom. The van der Waals surface area contributed by atoms with E-state index in [0.29, 0.717) is 11.8 Å². The summed E-state index contributed by atoms with van der Waals surface area (Å²) in [4.78, 5) is 11.9. The summed E-state index contributed by atoms with van der Waals surface area (Å²) < 4.78 is 4.97. The predicted octanol–water partition coefficient (Wildman–Crippen LogP) is 3.82. The fourth-order valence-electron chi connectivity index (χ4n) is 5.83. The van der Waals surface area contributed by atoms with Crippen LogP contribution in [0, 0.1) is 22.7 Å². The van der Waals surface area contributed by atoms with E-state index in [1.54, 1.807) is 0 Å². The molecule has 0 amide bonds. The number of rotatable bonds is 8. The maximum atomic E-state index is 11.9. The minimum absolute atomic E-state index is 0.0690. The smallest absolute Gasteiger partial charge is 0.330 e. The summed E-state index contributed by atoms with van der Waals surface area (Å²) in [6.07, 6.45) is 7.14. The third-order valence-corrected chi connectivity index (χ3v) is 8.65. The van der Waals surface area contributed by atoms with Gasteiger partial charge >= 0.3 is 5.97 Å². The molecule has 2 aliphatic rings. The molecular formula is C23H39ClO5. The number of halogens is 1. The monoisotopic (exact) mass is 430 g/mol. The zero-order chi connectivity index (χ0) is 21.9. The summed E-state index contributed by atoms with van der Waals surface area (Å²) >= 11 is 6.26. The molecule has 0 radical (unpaired) electrons. The molecular weight excluding hydrogens is 392 g/mol. The number of aliphatic hydroxyl groups is 3. The normalized spacial score (nSPS) is 39.0. The van der Waals surface area contributed by atoms with Crippen LogP contribution in [0.4, 0.5) is 0 Å². The van der Waals surface area contributed by atoms with E-state index >= 15 is 0 Å². The first-order valence-electron chi connectivity index (χ1n) is 10.9. The largest absolute Gasteiger partial charge is 0.460 e. The zero-order valence-corrected chi connectivity index (χ0v) is 19.2. The number of hydrogen-bond acceptors (Lipinski definition) is 5. The Kier molecular flexibility index (Phi) is 8.22. The standard InChI is InChI=1S/C23H39ClO5/c1-16(12-20(27)29-14-18(26)13-25)7-10-21(3)17(2)8-11-22(4)19(21)6-5-9-23(22,28)15-24/h12,17-19,25-26,28H,5-11,13-15H2,1-4H3. The Bertz CT molecular complexity index is 608. The number of hydrogen-bond donors (Lipinski definition) is 3. The van der Waals surface area contributed by atoms with Crippen molar-refractivity contribution in [2.45, 2.75) is 84.3 Å². The van der Waals surface area contributed by atoms with Gasteiger partial charge in [-0.2, -0.15) is 0 Å². The van der Waals surface area contributed by atoms with Crippen molar-refractivity contribution in [3.05, 3.63) is 11.6 Å². The van der Waals surface area contributed by atoms with Gasteiger partial charge in [0.2, 0.25) is 0 Å². The van der Waals surface area contributed by atoms with Crippen molar-refractivity contribution >= 4 is 17.6 Å². The minimum atomic E-state index is -1.04. The molecule has 6 unspecified atom stereocenters. The maximum absolute atomic E-state index is 11.9. The van der Waals surface area contributed by atoms with Gasteiger partial charge in [-0.25, -0.2) is 4.79 Å². The molecule has 2 fully saturated rings. The van der Waals surface area contributed by atoms with Crippen molar-refractivity contribution in [1.82, 2.24) is 0 Å². The molecule has 2 saturated carbocycles. The van der Waals surface area contributed by atoms with Crippen molar-refractivity contribution in [3.8, 4) is 0 Å². The van der Waals surface area contributed by atoms with E-state index in [4.69, 9.17) is 21.4 Å². The van der Waals surface area contributed by atoms with E-state index in [1.807, 2.05) is 6.92 Å². The maximum Gasteiger partial charge on any atom is 0.330 e. The molecule has 0 aromatic heterocycles. The van der Waals surface area contributed by atoms with Crippen LogP contribution in [0.1, 0.15) is 72.6 Å². The van der Waals surface area contributed by atoms with Gasteiger partial charge in [-0.3, -0.25) is 0 Å². The first kappa shape index (κ1) is 24.6. The van der Waals surface area contributed by atoms with Crippen molar-refractivity contribution in [2.24, 2.45) is 22.7 Å². The quantitative estimate of drug-likeness (QED) is 0.309. The van der Waals surface area contributed by atoms with Crippen LogP contribution < -0.4 is 0 Å². The number of carbonyl (C=O) groups excluding carboxylic acids is 1. The highest BCUT2D eigenvalue weighted by Crippen LogP contribution is 2.64. The van der Waals surface area contributed by atoms with E-state index in [1.165, 1.54) is 6.08 Å². The van der Waals surface area contributed by atoms with Crippen molar-refractivity contribution in [2.75, 3.05) is 19.1 Å². The molecule has 3 N–H and O–H groups in total. The second-order valence-electron chi connectivity index (χ2n) is 9.93. The van der Waals surface area contributed by atoms with Gasteiger partial charge in [0.1, 0.15) is 12.7 Å². The Morgan fingerprint density at radius 2 is 2.00 bits per heavy atom. The van der Waals surface area contributed by atoms with Gasteiger partial charge in [0.05, 0.1) is 18.1 Å². The van der Waals surface area contributed by atoms with Crippen LogP contribution in [0.3, 0.4) is 0 Å². The first-order chi connectivity index (χ1) is 13.5. The molecule has 0 heterocycles. The topological polar surface area (TPSA) is 87.0 Å². The Labute approximate surface area is 180 Å². The molecule has 0 aromatic carbocycles. The Morgan fingerprint density at radius 1 is 1.31 bits per heavy atom. The molecule has 5 nitrogen and oxygen atoms in total. The van der Waals surface area contributed by atoms with Crippen molar-refractivity contribution in [1.29, 1.82) is 0 Å². The van der Waals surface area contributed by atoms with Gasteiger partial charge in [-0.15, -0.1) is 11.6 Å². The second-order valence-corrected chi connectivity index (χ2v) is 10.2. The third kappa shape index (κ3) is 5.00. The van der Waals surface area contributed by atoms with Crippen molar-refractivity contribution in [3.63, 3.8) is 0 Å². The van der Waals surface area contributed by atoms with Crippen LogP contribution in [-0.4, -0.2) is 52.1 Å². The van der Waals surface area contributed by atoms with Gasteiger partial charge in [-0.05, 0) is 62.7 Å². The molecule has 0 bridgehead atoms. The van der Waals surface area contributed by atoms with Gasteiger partial charge in [0.25, 0.3) is 0 Å². The van der Waals surface area contributed by atoms with E-state index in [-0.39, 0.29) is 23.3 Å². The lowest BCUT2D eigenvalue weighted by atomic mass is 9.43. The van der Waals surface area contributed by atoms with Crippen molar-refractivity contribution < 1.29 is 24.9 Å². The number of allylic oxidation sites excluding steroid dienone is 1. The second kappa shape index (κ2) is 9.67. The summed E-state index contributed by atoms with van der Waals surface area (Å²) in [6, 6.07) is 0. The number of esters is 1. The number of aliphatic hydroxyl groups excluding tert-OH is 2. The lowest BCUT2D eigenvalue weighted by Gasteiger charge is -2.63. The molecule has 6 atom stereocenters. The highest BCUT2D eigenvalue weighted by Gasteiger charge is 2.61. The molecule has 2 aliphatic carbocycles. The third-order valence-electron chi connectivity index (χ3n) is 8.21. The molecule has 2 rings (SSSR count). The molecule has 0 spiro atoms. The van der Waals surface area contributed by atoms with Gasteiger partial charge in [0.15, 0.2) is 0 Å². The average molecular weight is 431 g/mol. The fraction of sp³-hybridized carbons (Fsp3) is 0.870. The van der Waals surface area contributed by atoms with Crippen LogP contribution >= 0.6 is 11.6 Å². The van der Waals surface area contributed by atoms with Crippen LogP contribution in [0.15, 0.2) is 11.6 Å². The lowest BCUT2D eigenvalue weighted by molar-refractivity contribution is -0.190. The van der Waals surface area contributed by atoms with Crippen LogP contribution in [-0.2, 0) is 9.53 Å². The number of ether oxygens (including phenoxy) is 1. The first-order valence-corrected chi connectivity index (χ1v) is 11.5.